The van der Waals surface area contributed by atoms with Gasteiger partial charge in [0.05, 0.1) is 31.5 Å². The van der Waals surface area contributed by atoms with Gasteiger partial charge in [0.15, 0.2) is 0 Å². The van der Waals surface area contributed by atoms with E-state index in [1.54, 1.807) is 0 Å². The van der Waals surface area contributed by atoms with Gasteiger partial charge in [-0.3, -0.25) is 9.59 Å². The zero-order valence-electron chi connectivity index (χ0n) is 20.5. The molecule has 12 heteroatoms. The van der Waals surface area contributed by atoms with E-state index in [4.69, 9.17) is 28.8 Å². The summed E-state index contributed by atoms with van der Waals surface area (Å²) in [7, 11) is 0. The molecule has 0 aliphatic carbocycles. The molecule has 1 N–H and O–H groups in total. The van der Waals surface area contributed by atoms with Crippen LogP contribution in [0.25, 0.3) is 0 Å². The average molecular weight is 525 g/mol. The normalized spacial score (nSPS) is 11.1. The van der Waals surface area contributed by atoms with Crippen LogP contribution in [0.2, 0.25) is 0 Å². The number of ether oxygens (including phenoxy) is 5. The molecule has 0 saturated heterocycles. The molecule has 37 heavy (non-hydrogen) atoms. The molecule has 0 amide bonds. The molecular weight excluding hydrogens is 492 g/mol. The van der Waals surface area contributed by atoms with Crippen LogP contribution in [-0.2, 0) is 52.5 Å². The van der Waals surface area contributed by atoms with Crippen LogP contribution < -0.4 is 0 Å². The van der Waals surface area contributed by atoms with E-state index in [1.807, 2.05) is 0 Å². The summed E-state index contributed by atoms with van der Waals surface area (Å²) in [6.07, 6.45) is 3.13. The van der Waals surface area contributed by atoms with Crippen LogP contribution in [0.3, 0.4) is 0 Å². The van der Waals surface area contributed by atoms with Gasteiger partial charge in [-0.15, -0.1) is 0 Å². The van der Waals surface area contributed by atoms with Crippen molar-refractivity contribution in [1.82, 2.24) is 0 Å². The lowest BCUT2D eigenvalue weighted by Crippen LogP contribution is -2.40. The van der Waals surface area contributed by atoms with Gasteiger partial charge in [0.2, 0.25) is 0 Å². The fourth-order valence-corrected chi connectivity index (χ4v) is 2.67. The fourth-order valence-electron chi connectivity index (χ4n) is 2.67. The van der Waals surface area contributed by atoms with Gasteiger partial charge in [0, 0.05) is 30.2 Å². The number of aliphatic carboxylic acids is 1. The third-order valence-corrected chi connectivity index (χ3v) is 4.80. The standard InChI is InChI=1S/C25H32O12/c1-5-20(28)33-13-18(14-34-24(32)10-9-19(26)27)11-12-25(15-35-21(29)6-2,16-36-22(30)7-3)17-37-23(31)8-4/h5-8,18H,1-4,9-17H2,(H,26,27). The molecule has 0 fully saturated rings. The van der Waals surface area contributed by atoms with Crippen molar-refractivity contribution in [3.8, 4) is 0 Å². The van der Waals surface area contributed by atoms with E-state index < -0.39 is 53.6 Å². The molecule has 0 saturated carbocycles. The molecule has 1 atom stereocenters. The molecule has 0 aromatic rings. The summed E-state index contributed by atoms with van der Waals surface area (Å²) in [4.78, 5) is 69.3. The Morgan fingerprint density at radius 2 is 1.05 bits per heavy atom. The first-order valence-corrected chi connectivity index (χ1v) is 11.0. The van der Waals surface area contributed by atoms with E-state index in [1.165, 1.54) is 0 Å². The summed E-state index contributed by atoms with van der Waals surface area (Å²) >= 11 is 0. The third-order valence-electron chi connectivity index (χ3n) is 4.80. The number of hydrogen-bond acceptors (Lipinski definition) is 11. The first-order chi connectivity index (χ1) is 17.5. The highest BCUT2D eigenvalue weighted by Gasteiger charge is 2.36. The summed E-state index contributed by atoms with van der Waals surface area (Å²) in [5, 5.41) is 8.71. The maximum atomic E-state index is 11.9. The summed E-state index contributed by atoms with van der Waals surface area (Å²) in [5.41, 5.74) is -1.26. The van der Waals surface area contributed by atoms with Crippen LogP contribution >= 0.6 is 0 Å². The molecule has 204 valence electrons. The molecule has 12 nitrogen and oxygen atoms in total. The van der Waals surface area contributed by atoms with E-state index in [0.717, 1.165) is 24.3 Å². The number of hydrogen-bond donors (Lipinski definition) is 1. The Morgan fingerprint density at radius 3 is 1.46 bits per heavy atom. The highest BCUT2D eigenvalue weighted by molar-refractivity contribution is 5.82. The predicted molar refractivity (Wildman–Crippen MR) is 128 cm³/mol. The summed E-state index contributed by atoms with van der Waals surface area (Å²) < 4.78 is 25.6. The summed E-state index contributed by atoms with van der Waals surface area (Å²) in [5.74, 6) is -5.62. The van der Waals surface area contributed by atoms with E-state index in [9.17, 15) is 28.8 Å². The van der Waals surface area contributed by atoms with Crippen molar-refractivity contribution in [2.24, 2.45) is 11.3 Å². The van der Waals surface area contributed by atoms with Crippen molar-refractivity contribution in [2.45, 2.75) is 25.7 Å². The fraction of sp³-hybridized carbons (Fsp3) is 0.440. The Hall–Kier alpha value is -4.22. The SMILES string of the molecule is C=CC(=O)OCC(CCC(COC(=O)C=C)(COC(=O)C=C)COC(=O)C=C)COC(=O)CCC(=O)O. The van der Waals surface area contributed by atoms with Gasteiger partial charge in [-0.05, 0) is 12.8 Å². The van der Waals surface area contributed by atoms with Crippen LogP contribution in [0.1, 0.15) is 25.7 Å². The zero-order valence-corrected chi connectivity index (χ0v) is 20.5. The maximum absolute atomic E-state index is 11.9. The Bertz CT molecular complexity index is 813. The van der Waals surface area contributed by atoms with Crippen molar-refractivity contribution in [3.05, 3.63) is 50.6 Å². The molecule has 0 spiro atoms. The summed E-state index contributed by atoms with van der Waals surface area (Å²) in [6.45, 7) is 11.7. The van der Waals surface area contributed by atoms with Crippen LogP contribution in [0.4, 0.5) is 0 Å². The second-order valence-electron chi connectivity index (χ2n) is 7.75. The van der Waals surface area contributed by atoms with E-state index in [2.05, 4.69) is 26.3 Å². The first-order valence-electron chi connectivity index (χ1n) is 11.0. The van der Waals surface area contributed by atoms with Crippen LogP contribution in [0.15, 0.2) is 50.6 Å². The topological polar surface area (TPSA) is 169 Å². The monoisotopic (exact) mass is 524 g/mol. The van der Waals surface area contributed by atoms with Gasteiger partial charge >= 0.3 is 35.8 Å². The minimum atomic E-state index is -1.26. The number of carbonyl (C=O) groups is 6. The van der Waals surface area contributed by atoms with E-state index >= 15 is 0 Å². The van der Waals surface area contributed by atoms with Crippen molar-refractivity contribution in [1.29, 1.82) is 0 Å². The van der Waals surface area contributed by atoms with E-state index in [0.29, 0.717) is 0 Å². The molecule has 0 aliphatic rings. The minimum Gasteiger partial charge on any atom is -0.481 e. The van der Waals surface area contributed by atoms with Crippen LogP contribution in [-0.4, -0.2) is 74.0 Å². The zero-order chi connectivity index (χ0) is 28.3. The smallest absolute Gasteiger partial charge is 0.330 e. The van der Waals surface area contributed by atoms with Gasteiger partial charge in [0.25, 0.3) is 0 Å². The molecule has 0 aromatic carbocycles. The lowest BCUT2D eigenvalue weighted by atomic mass is 9.83. The Morgan fingerprint density at radius 1 is 0.649 bits per heavy atom. The predicted octanol–water partition coefficient (Wildman–Crippen LogP) is 1.69. The molecule has 0 aliphatic heterocycles. The van der Waals surface area contributed by atoms with Gasteiger partial charge < -0.3 is 28.8 Å². The van der Waals surface area contributed by atoms with E-state index in [-0.39, 0.29) is 52.3 Å². The van der Waals surface area contributed by atoms with Crippen molar-refractivity contribution >= 4 is 35.8 Å². The second-order valence-corrected chi connectivity index (χ2v) is 7.75. The quantitative estimate of drug-likeness (QED) is 0.139. The maximum Gasteiger partial charge on any atom is 0.330 e. The molecular formula is C25H32O12. The number of esters is 5. The molecule has 1 unspecified atom stereocenters. The molecule has 0 rings (SSSR count). The lowest BCUT2D eigenvalue weighted by Gasteiger charge is -2.33. The second kappa shape index (κ2) is 18.1. The molecule has 0 aromatic heterocycles. The van der Waals surface area contributed by atoms with Gasteiger partial charge in [-0.2, -0.15) is 0 Å². The number of carbonyl (C=O) groups excluding carboxylic acids is 5. The number of rotatable bonds is 20. The highest BCUT2D eigenvalue weighted by atomic mass is 16.6. The van der Waals surface area contributed by atoms with Crippen molar-refractivity contribution < 1.29 is 57.6 Å². The molecule has 0 heterocycles. The summed E-state index contributed by atoms with van der Waals surface area (Å²) in [6, 6.07) is 0. The van der Waals surface area contributed by atoms with Crippen molar-refractivity contribution in [3.63, 3.8) is 0 Å². The molecule has 0 radical (unpaired) electrons. The highest BCUT2D eigenvalue weighted by Crippen LogP contribution is 2.29. The Labute approximate surface area is 214 Å². The third kappa shape index (κ3) is 15.4. The average Bonchev–Trinajstić information content (AvgIpc) is 2.90. The Balaban J connectivity index is 5.76. The largest absolute Gasteiger partial charge is 0.481 e. The Kier molecular flexibility index (Phi) is 16.0. The minimum absolute atomic E-state index is 0.0647. The van der Waals surface area contributed by atoms with Crippen LogP contribution in [0, 0.1) is 11.3 Å². The number of carboxylic acids is 1. The van der Waals surface area contributed by atoms with Gasteiger partial charge in [-0.1, -0.05) is 26.3 Å². The van der Waals surface area contributed by atoms with Crippen molar-refractivity contribution in [2.75, 3.05) is 33.0 Å². The van der Waals surface area contributed by atoms with Gasteiger partial charge in [-0.25, -0.2) is 19.2 Å². The van der Waals surface area contributed by atoms with Gasteiger partial charge in [0.1, 0.15) is 19.8 Å². The number of carboxylic acid groups (broad SMARTS) is 1. The lowest BCUT2D eigenvalue weighted by molar-refractivity contribution is -0.158. The first kappa shape index (κ1) is 32.8. The van der Waals surface area contributed by atoms with Crippen LogP contribution in [0.5, 0.6) is 0 Å². The molecule has 0 bridgehead atoms.